The van der Waals surface area contributed by atoms with Crippen LogP contribution in [0.5, 0.6) is 0 Å². The van der Waals surface area contributed by atoms with Crippen molar-refractivity contribution in [1.29, 1.82) is 0 Å². The predicted octanol–water partition coefficient (Wildman–Crippen LogP) is 1.56. The summed E-state index contributed by atoms with van der Waals surface area (Å²) < 4.78 is 80.8. The molecule has 0 aromatic heterocycles. The Hall–Kier alpha value is -2.27. The van der Waals surface area contributed by atoms with E-state index < -0.39 is 46.9 Å². The van der Waals surface area contributed by atoms with E-state index in [9.17, 15) is 45.8 Å². The minimum atomic E-state index is -5.92. The summed E-state index contributed by atoms with van der Waals surface area (Å²) in [6, 6.07) is 0. The highest BCUT2D eigenvalue weighted by Gasteiger charge is 2.68. The van der Waals surface area contributed by atoms with Gasteiger partial charge in [0.25, 0.3) is 5.54 Å². The van der Waals surface area contributed by atoms with E-state index in [1.165, 1.54) is 0 Å². The van der Waals surface area contributed by atoms with Crippen LogP contribution < -0.4 is 5.32 Å². The molecule has 1 amide bonds. The summed E-state index contributed by atoms with van der Waals surface area (Å²) in [5, 5.41) is 9.68. The minimum absolute atomic E-state index is 0.396. The Kier molecular flexibility index (Phi) is 5.82. The van der Waals surface area contributed by atoms with Crippen LogP contribution in [0.2, 0.25) is 0 Å². The Morgan fingerprint density at radius 1 is 1.00 bits per heavy atom. The Morgan fingerprint density at radius 2 is 1.43 bits per heavy atom. The first-order valence-electron chi connectivity index (χ1n) is 5.58. The minimum Gasteiger partial charge on any atom is -0.512 e. The topological polar surface area (TPSA) is 92.7 Å². The smallest absolute Gasteiger partial charge is 0.471 e. The number of rotatable bonds is 4. The van der Waals surface area contributed by atoms with Crippen molar-refractivity contribution in [1.82, 2.24) is 5.32 Å². The first-order chi connectivity index (χ1) is 10.1. The van der Waals surface area contributed by atoms with Crippen LogP contribution in [0.15, 0.2) is 11.3 Å². The Morgan fingerprint density at radius 3 is 1.65 bits per heavy atom. The van der Waals surface area contributed by atoms with Gasteiger partial charge in [-0.1, -0.05) is 0 Å². The molecule has 0 aromatic rings. The van der Waals surface area contributed by atoms with Crippen LogP contribution in [-0.4, -0.2) is 47.8 Å². The van der Waals surface area contributed by atoms with Crippen LogP contribution in [0, 0.1) is 0 Å². The number of esters is 1. The fraction of sp³-hybridized carbons (Fsp3) is 0.545. The van der Waals surface area contributed by atoms with Crippen LogP contribution in [0.3, 0.4) is 0 Å². The molecule has 0 saturated heterocycles. The third kappa shape index (κ3) is 3.93. The van der Waals surface area contributed by atoms with E-state index in [-0.39, 0.29) is 0 Å². The Labute approximate surface area is 125 Å². The number of aliphatic hydroxyl groups excluding tert-OH is 1. The fourth-order valence-corrected chi connectivity index (χ4v) is 1.73. The highest BCUT2D eigenvalue weighted by Crippen LogP contribution is 2.39. The van der Waals surface area contributed by atoms with E-state index >= 15 is 0 Å². The lowest BCUT2D eigenvalue weighted by molar-refractivity contribution is -0.212. The van der Waals surface area contributed by atoms with Crippen LogP contribution in [-0.2, 0) is 19.1 Å². The lowest BCUT2D eigenvalue weighted by atomic mass is 9.85. The number of methoxy groups -OCH3 is 1. The molecule has 132 valence electrons. The highest BCUT2D eigenvalue weighted by atomic mass is 19.4. The van der Waals surface area contributed by atoms with Crippen molar-refractivity contribution < 1.29 is 50.6 Å². The van der Waals surface area contributed by atoms with Crippen molar-refractivity contribution in [2.75, 3.05) is 7.11 Å². The number of carbonyl (C=O) groups excluding carboxylic acids is 3. The van der Waals surface area contributed by atoms with Crippen molar-refractivity contribution in [3.8, 4) is 0 Å². The summed E-state index contributed by atoms with van der Waals surface area (Å²) in [6.07, 6.45) is -11.7. The van der Waals surface area contributed by atoms with E-state index in [4.69, 9.17) is 0 Å². The molecule has 0 heterocycles. The molecule has 0 bridgehead atoms. The maximum atomic E-state index is 13.4. The average Bonchev–Trinajstić information content (AvgIpc) is 2.32. The zero-order valence-electron chi connectivity index (χ0n) is 11.8. The molecule has 0 rings (SSSR count). The molecule has 2 N–H and O–H groups in total. The lowest BCUT2D eigenvalue weighted by Crippen LogP contribution is -2.68. The van der Waals surface area contributed by atoms with Gasteiger partial charge >= 0.3 is 24.2 Å². The van der Waals surface area contributed by atoms with Crippen molar-refractivity contribution in [3.63, 3.8) is 0 Å². The molecule has 0 spiro atoms. The van der Waals surface area contributed by atoms with Gasteiger partial charge in [0.1, 0.15) is 0 Å². The number of hydrogen-bond donors (Lipinski definition) is 2. The summed E-state index contributed by atoms with van der Waals surface area (Å²) in [4.78, 5) is 33.9. The molecule has 0 radical (unpaired) electrons. The van der Waals surface area contributed by atoms with E-state index in [2.05, 4.69) is 4.74 Å². The van der Waals surface area contributed by atoms with Crippen molar-refractivity contribution in [2.24, 2.45) is 0 Å². The Balaban J connectivity index is 6.70. The molecule has 0 aromatic carbocycles. The molecule has 0 saturated carbocycles. The van der Waals surface area contributed by atoms with E-state index in [1.807, 2.05) is 0 Å². The predicted molar refractivity (Wildman–Crippen MR) is 61.0 cm³/mol. The van der Waals surface area contributed by atoms with Gasteiger partial charge in [-0.2, -0.15) is 26.3 Å². The number of halogens is 6. The largest absolute Gasteiger partial charge is 0.512 e. The van der Waals surface area contributed by atoms with Crippen molar-refractivity contribution in [3.05, 3.63) is 11.3 Å². The first-order valence-corrected chi connectivity index (χ1v) is 5.58. The summed E-state index contributed by atoms with van der Waals surface area (Å²) in [7, 11) is 0.396. The summed E-state index contributed by atoms with van der Waals surface area (Å²) in [5.41, 5.74) is -6.31. The number of nitrogens with one attached hydrogen (secondary N) is 1. The standard InChI is InChI=1S/C11H11F6NO5/c1-4(19)6(5(2)20)9(8(22)23-3,11(15,16)17)18-7(21)10(12,13)14/h19H,1-3H3,(H,18,21)/b6-4-/t9-/m0/s1. The van der Waals surface area contributed by atoms with Gasteiger partial charge in [0.15, 0.2) is 5.78 Å². The van der Waals surface area contributed by atoms with Crippen LogP contribution in [0.25, 0.3) is 0 Å². The second-order valence-electron chi connectivity index (χ2n) is 4.21. The third-order valence-electron chi connectivity index (χ3n) is 2.56. The molecule has 0 aliphatic rings. The van der Waals surface area contributed by atoms with Crippen LogP contribution in [0.4, 0.5) is 26.3 Å². The number of alkyl halides is 6. The lowest BCUT2D eigenvalue weighted by Gasteiger charge is -2.35. The molecule has 23 heavy (non-hydrogen) atoms. The van der Waals surface area contributed by atoms with Gasteiger partial charge in [-0.3, -0.25) is 9.59 Å². The number of aliphatic hydroxyl groups is 1. The van der Waals surface area contributed by atoms with E-state index in [1.54, 1.807) is 0 Å². The highest BCUT2D eigenvalue weighted by molar-refractivity contribution is 6.06. The zero-order chi connectivity index (χ0) is 18.8. The number of carbonyl (C=O) groups is 3. The number of ketones is 1. The van der Waals surface area contributed by atoms with Gasteiger partial charge in [0, 0.05) is 0 Å². The maximum absolute atomic E-state index is 13.4. The maximum Gasteiger partial charge on any atom is 0.471 e. The normalized spacial score (nSPS) is 16.0. The zero-order valence-corrected chi connectivity index (χ0v) is 11.8. The SMILES string of the molecule is COC(=O)[C@@](NC(=O)C(F)(F)F)(/C(C(C)=O)=C(/C)O)C(F)(F)F. The molecule has 0 unspecified atom stereocenters. The molecule has 0 fully saturated rings. The Bertz CT molecular complexity index is 546. The van der Waals surface area contributed by atoms with Crippen LogP contribution >= 0.6 is 0 Å². The van der Waals surface area contributed by atoms with Gasteiger partial charge in [0.05, 0.1) is 18.4 Å². The van der Waals surface area contributed by atoms with Gasteiger partial charge in [-0.05, 0) is 13.8 Å². The number of ether oxygens (including phenoxy) is 1. The number of hydrogen-bond acceptors (Lipinski definition) is 5. The summed E-state index contributed by atoms with van der Waals surface area (Å²) in [6.45, 7) is 0.984. The molecular formula is C11H11F6NO5. The molecular weight excluding hydrogens is 340 g/mol. The molecule has 6 nitrogen and oxygen atoms in total. The van der Waals surface area contributed by atoms with Crippen LogP contribution in [0.1, 0.15) is 13.8 Å². The molecule has 1 atom stereocenters. The quantitative estimate of drug-likeness (QED) is 0.347. The van der Waals surface area contributed by atoms with E-state index in [0.717, 1.165) is 0 Å². The van der Waals surface area contributed by atoms with Crippen molar-refractivity contribution >= 4 is 17.7 Å². The molecule has 0 aliphatic heterocycles. The van der Waals surface area contributed by atoms with Crippen molar-refractivity contribution in [2.45, 2.75) is 31.7 Å². The number of Topliss-reactive ketones (excluding diaryl/α,β-unsaturated/α-hetero) is 1. The summed E-state index contributed by atoms with van der Waals surface area (Å²) in [5.74, 6) is -8.60. The third-order valence-corrected chi connectivity index (χ3v) is 2.56. The monoisotopic (exact) mass is 351 g/mol. The second kappa shape index (κ2) is 6.46. The van der Waals surface area contributed by atoms with Gasteiger partial charge in [-0.25, -0.2) is 4.79 Å². The molecule has 12 heteroatoms. The summed E-state index contributed by atoms with van der Waals surface area (Å²) >= 11 is 0. The van der Waals surface area contributed by atoms with Gasteiger partial charge < -0.3 is 15.2 Å². The fourth-order valence-electron chi connectivity index (χ4n) is 1.73. The number of allylic oxidation sites excluding steroid dienone is 1. The van der Waals surface area contributed by atoms with Gasteiger partial charge in [-0.15, -0.1) is 0 Å². The molecule has 0 aliphatic carbocycles. The van der Waals surface area contributed by atoms with Gasteiger partial charge in [0.2, 0.25) is 0 Å². The average molecular weight is 351 g/mol. The van der Waals surface area contributed by atoms with E-state index in [0.29, 0.717) is 26.3 Å². The second-order valence-corrected chi connectivity index (χ2v) is 4.21. The number of amides is 1. The first kappa shape index (κ1) is 20.7.